The highest BCUT2D eigenvalue weighted by atomic mass is 16.6. The summed E-state index contributed by atoms with van der Waals surface area (Å²) >= 11 is 0. The van der Waals surface area contributed by atoms with Gasteiger partial charge in [-0.2, -0.15) is 0 Å². The molecule has 0 amide bonds. The zero-order valence-corrected chi connectivity index (χ0v) is 15.7. The van der Waals surface area contributed by atoms with Gasteiger partial charge >= 0.3 is 11.9 Å². The largest absolute Gasteiger partial charge is 0.458 e. The van der Waals surface area contributed by atoms with E-state index in [0.29, 0.717) is 0 Å². The molecule has 0 aromatic rings. The maximum absolute atomic E-state index is 12.5. The first-order valence-corrected chi connectivity index (χ1v) is 9.32. The first-order valence-electron chi connectivity index (χ1n) is 9.32. The summed E-state index contributed by atoms with van der Waals surface area (Å²) in [5, 5.41) is 31.2. The molecule has 0 bridgehead atoms. The van der Waals surface area contributed by atoms with Crippen LogP contribution in [-0.4, -0.2) is 70.5 Å². The fraction of sp³-hybridized carbons (Fsp3) is 0.600. The third-order valence-corrected chi connectivity index (χ3v) is 6.56. The molecule has 2 saturated heterocycles. The smallest absolute Gasteiger partial charge is 0.336 e. The van der Waals surface area contributed by atoms with Gasteiger partial charge in [0.15, 0.2) is 0 Å². The highest BCUT2D eigenvalue weighted by Crippen LogP contribution is 2.58. The van der Waals surface area contributed by atoms with Crippen LogP contribution in [0.2, 0.25) is 0 Å². The molecule has 4 aliphatic rings. The number of esters is 2. The maximum Gasteiger partial charge on any atom is 0.336 e. The second kappa shape index (κ2) is 6.52. The second-order valence-corrected chi connectivity index (χ2v) is 7.90. The van der Waals surface area contributed by atoms with E-state index < -0.39 is 60.4 Å². The van der Waals surface area contributed by atoms with Crippen molar-refractivity contribution in [2.45, 2.75) is 43.9 Å². The Morgan fingerprint density at radius 2 is 2.11 bits per heavy atom. The highest BCUT2D eigenvalue weighted by Gasteiger charge is 2.71. The van der Waals surface area contributed by atoms with Crippen molar-refractivity contribution in [2.24, 2.45) is 17.8 Å². The lowest BCUT2D eigenvalue weighted by Crippen LogP contribution is -2.50. The number of epoxide rings is 1. The molecule has 4 rings (SSSR count). The van der Waals surface area contributed by atoms with Crippen LogP contribution in [0.1, 0.15) is 13.8 Å². The number of carbonyl (C=O) groups excluding carboxylic acids is 2. The Bertz CT molecular complexity index is 792. The van der Waals surface area contributed by atoms with Gasteiger partial charge in [0.2, 0.25) is 0 Å². The van der Waals surface area contributed by atoms with Crippen LogP contribution >= 0.6 is 0 Å². The van der Waals surface area contributed by atoms with Gasteiger partial charge in [-0.05, 0) is 13.8 Å². The predicted molar refractivity (Wildman–Crippen MR) is 94.7 cm³/mol. The fourth-order valence-corrected chi connectivity index (χ4v) is 5.05. The van der Waals surface area contributed by atoms with E-state index >= 15 is 0 Å². The quantitative estimate of drug-likeness (QED) is 0.257. The molecule has 0 unspecified atom stereocenters. The molecule has 1 spiro atoms. The van der Waals surface area contributed by atoms with Gasteiger partial charge in [-0.3, -0.25) is 0 Å². The van der Waals surface area contributed by atoms with Crippen LogP contribution in [0.4, 0.5) is 0 Å². The molecule has 0 radical (unpaired) electrons. The van der Waals surface area contributed by atoms with Crippen LogP contribution in [0.25, 0.3) is 0 Å². The Kier molecular flexibility index (Phi) is 4.50. The van der Waals surface area contributed by atoms with Gasteiger partial charge < -0.3 is 29.5 Å². The topological polar surface area (TPSA) is 126 Å². The van der Waals surface area contributed by atoms with E-state index in [-0.39, 0.29) is 23.7 Å². The Morgan fingerprint density at radius 1 is 1.43 bits per heavy atom. The van der Waals surface area contributed by atoms with Crippen LogP contribution in [0, 0.1) is 17.8 Å². The van der Waals surface area contributed by atoms with Crippen LogP contribution in [0.15, 0.2) is 35.5 Å². The summed E-state index contributed by atoms with van der Waals surface area (Å²) in [7, 11) is 0. The number of allylic oxidation sites excluding steroid dienone is 1. The molecule has 8 nitrogen and oxygen atoms in total. The van der Waals surface area contributed by atoms with Crippen LogP contribution in [0.3, 0.4) is 0 Å². The molecule has 3 fully saturated rings. The van der Waals surface area contributed by atoms with Gasteiger partial charge in [0.25, 0.3) is 0 Å². The van der Waals surface area contributed by atoms with Gasteiger partial charge in [0, 0.05) is 17.4 Å². The minimum Gasteiger partial charge on any atom is -0.458 e. The van der Waals surface area contributed by atoms with Crippen molar-refractivity contribution >= 4 is 11.9 Å². The SMILES string of the molecule is C=C1C(=O)O[C@H]2[C@@H]1[C@H](OC(=O)/C(=C/C)CO)[C@H](O)[C@]1(CO1)[C@H]1[C@@H]2C(C)=C[C@H]1O. The van der Waals surface area contributed by atoms with Crippen molar-refractivity contribution in [1.82, 2.24) is 0 Å². The normalized spacial score (nSPS) is 44.5. The molecular formula is C20H24O8. The average molecular weight is 392 g/mol. The molecule has 1 saturated carbocycles. The number of aliphatic hydroxyl groups excluding tert-OH is 3. The van der Waals surface area contributed by atoms with E-state index in [1.165, 1.54) is 6.08 Å². The zero-order chi connectivity index (χ0) is 20.4. The molecule has 0 aromatic carbocycles. The van der Waals surface area contributed by atoms with Crippen molar-refractivity contribution in [3.63, 3.8) is 0 Å². The lowest BCUT2D eigenvalue weighted by atomic mass is 9.77. The van der Waals surface area contributed by atoms with E-state index in [0.717, 1.165) is 5.57 Å². The van der Waals surface area contributed by atoms with Crippen LogP contribution < -0.4 is 0 Å². The molecule has 2 aliphatic carbocycles. The zero-order valence-electron chi connectivity index (χ0n) is 15.7. The minimum absolute atomic E-state index is 0.0333. The van der Waals surface area contributed by atoms with Crippen LogP contribution in [0.5, 0.6) is 0 Å². The summed E-state index contributed by atoms with van der Waals surface area (Å²) in [4.78, 5) is 24.8. The Balaban J connectivity index is 1.78. The van der Waals surface area contributed by atoms with E-state index in [2.05, 4.69) is 6.58 Å². The number of rotatable bonds is 3. The summed E-state index contributed by atoms with van der Waals surface area (Å²) in [6.07, 6.45) is -0.969. The Morgan fingerprint density at radius 3 is 2.68 bits per heavy atom. The van der Waals surface area contributed by atoms with Crippen molar-refractivity contribution in [1.29, 1.82) is 0 Å². The molecule has 8 atom stereocenters. The van der Waals surface area contributed by atoms with E-state index in [4.69, 9.17) is 14.2 Å². The number of carbonyl (C=O) groups is 2. The standard InChI is InChI=1S/C20H24O8/c1-4-10(6-21)19(25)28-16-13-9(3)18(24)27-15(13)12-8(2)5-11(22)14(12)20(7-26-20)17(16)23/h4-5,11-17,21-23H,3,6-7H2,1-2H3/b10-4+/t11-,12+,13-,14-,15-,16+,17+,20+/m1/s1. The van der Waals surface area contributed by atoms with Crippen molar-refractivity contribution in [2.75, 3.05) is 13.2 Å². The Labute approximate surface area is 162 Å². The minimum atomic E-state index is -1.30. The maximum atomic E-state index is 12.5. The van der Waals surface area contributed by atoms with E-state index in [9.17, 15) is 24.9 Å². The Hall–Kier alpha value is -2.00. The summed E-state index contributed by atoms with van der Waals surface area (Å²) in [6.45, 7) is 6.89. The average Bonchev–Trinajstić information content (AvgIpc) is 3.33. The van der Waals surface area contributed by atoms with Crippen LogP contribution in [-0.2, 0) is 23.8 Å². The van der Waals surface area contributed by atoms with Crippen molar-refractivity contribution < 1.29 is 39.1 Å². The monoisotopic (exact) mass is 392 g/mol. The van der Waals surface area contributed by atoms with Gasteiger partial charge in [0.1, 0.15) is 23.9 Å². The molecule has 3 N–H and O–H groups in total. The summed E-state index contributed by atoms with van der Waals surface area (Å²) in [6, 6.07) is 0. The molecule has 2 heterocycles. The van der Waals surface area contributed by atoms with Gasteiger partial charge in [-0.1, -0.05) is 24.3 Å². The number of ether oxygens (including phenoxy) is 3. The van der Waals surface area contributed by atoms with Crippen molar-refractivity contribution in [3.8, 4) is 0 Å². The number of aliphatic hydroxyl groups is 3. The second-order valence-electron chi connectivity index (χ2n) is 7.90. The lowest BCUT2D eigenvalue weighted by molar-refractivity contribution is -0.159. The molecule has 28 heavy (non-hydrogen) atoms. The van der Waals surface area contributed by atoms with Gasteiger partial charge in [-0.25, -0.2) is 9.59 Å². The molecular weight excluding hydrogens is 368 g/mol. The summed E-state index contributed by atoms with van der Waals surface area (Å²) < 4.78 is 16.8. The first-order chi connectivity index (χ1) is 13.3. The van der Waals surface area contributed by atoms with Gasteiger partial charge in [0.05, 0.1) is 30.8 Å². The van der Waals surface area contributed by atoms with E-state index in [1.807, 2.05) is 6.92 Å². The highest BCUT2D eigenvalue weighted by molar-refractivity contribution is 5.92. The molecule has 8 heteroatoms. The third-order valence-electron chi connectivity index (χ3n) is 6.56. The molecule has 152 valence electrons. The predicted octanol–water partition coefficient (Wildman–Crippen LogP) is -0.369. The number of fused-ring (bicyclic) bond motifs is 4. The van der Waals surface area contributed by atoms with E-state index in [1.54, 1.807) is 13.0 Å². The van der Waals surface area contributed by atoms with Crippen molar-refractivity contribution in [3.05, 3.63) is 35.5 Å². The third kappa shape index (κ3) is 2.52. The summed E-state index contributed by atoms with van der Waals surface area (Å²) in [5.41, 5.74) is -0.131. The first kappa shape index (κ1) is 19.3. The van der Waals surface area contributed by atoms with Gasteiger partial charge in [-0.15, -0.1) is 0 Å². The summed E-state index contributed by atoms with van der Waals surface area (Å²) in [5.74, 6) is -3.11. The fourth-order valence-electron chi connectivity index (χ4n) is 5.05. The lowest BCUT2D eigenvalue weighted by Gasteiger charge is -2.32. The number of hydrogen-bond acceptors (Lipinski definition) is 8. The number of hydrogen-bond donors (Lipinski definition) is 3. The molecule has 2 aliphatic heterocycles. The molecule has 0 aromatic heterocycles.